The number of amidine groups is 1. The Kier molecular flexibility index (Phi) is 4.32. The molecule has 3 aromatic rings. The molecule has 0 unspecified atom stereocenters. The van der Waals surface area contributed by atoms with E-state index in [0.29, 0.717) is 27.2 Å². The summed E-state index contributed by atoms with van der Waals surface area (Å²) in [7, 11) is -0.807. The Morgan fingerprint density at radius 1 is 0.926 bits per heavy atom. The number of halogens is 1. The van der Waals surface area contributed by atoms with Crippen molar-refractivity contribution in [1.82, 2.24) is 0 Å². The minimum Gasteiger partial charge on any atom is -0.495 e. The number of ether oxygens (including phenoxy) is 2. The predicted molar refractivity (Wildman–Crippen MR) is 109 cm³/mol. The largest absolute Gasteiger partial charge is 0.495 e. The van der Waals surface area contributed by atoms with Crippen LogP contribution in [0.4, 0.5) is 5.69 Å². The molecule has 8 heteroatoms. The van der Waals surface area contributed by atoms with Gasteiger partial charge in [-0.05, 0) is 28.1 Å². The van der Waals surface area contributed by atoms with Gasteiger partial charge in [0, 0.05) is 10.8 Å². The molecule has 0 amide bonds. The molecular weight excluding hydrogens is 432 g/mol. The van der Waals surface area contributed by atoms with E-state index in [4.69, 9.17) is 9.47 Å². The van der Waals surface area contributed by atoms with E-state index in [2.05, 4.69) is 25.6 Å². The number of methoxy groups -OCH3 is 2. The topological polar surface area (TPSA) is 77.0 Å². The molecule has 0 saturated carbocycles. The fourth-order valence-electron chi connectivity index (χ4n) is 3.18. The Hall–Kier alpha value is -2.58. The van der Waals surface area contributed by atoms with Crippen molar-refractivity contribution in [1.29, 1.82) is 0 Å². The molecule has 1 heterocycles. The molecule has 0 atom stereocenters. The van der Waals surface area contributed by atoms with E-state index in [1.165, 1.54) is 20.3 Å². The number of anilines is 1. The van der Waals surface area contributed by atoms with Gasteiger partial charge in [-0.1, -0.05) is 36.4 Å². The van der Waals surface area contributed by atoms with Crippen LogP contribution >= 0.6 is 15.9 Å². The normalized spacial score (nSPS) is 14.9. The second-order valence-corrected chi connectivity index (χ2v) is 8.20. The number of fused-ring (bicyclic) bond motifs is 2. The van der Waals surface area contributed by atoms with Gasteiger partial charge in [0.15, 0.2) is 5.84 Å². The summed E-state index contributed by atoms with van der Waals surface area (Å²) in [5, 5.41) is 4.79. The molecule has 1 aliphatic heterocycles. The molecule has 1 aliphatic rings. The van der Waals surface area contributed by atoms with Gasteiger partial charge >= 0.3 is 0 Å². The van der Waals surface area contributed by atoms with E-state index in [1.807, 2.05) is 24.3 Å². The Balaban J connectivity index is 2.07. The van der Waals surface area contributed by atoms with E-state index < -0.39 is 10.0 Å². The van der Waals surface area contributed by atoms with Gasteiger partial charge in [-0.2, -0.15) is 8.42 Å². The van der Waals surface area contributed by atoms with Crippen molar-refractivity contribution in [3.05, 3.63) is 58.6 Å². The van der Waals surface area contributed by atoms with Gasteiger partial charge < -0.3 is 14.8 Å². The van der Waals surface area contributed by atoms with Gasteiger partial charge in [0.1, 0.15) is 22.0 Å². The first-order valence-corrected chi connectivity index (χ1v) is 10.2. The third-order valence-electron chi connectivity index (χ3n) is 4.34. The Bertz CT molecular complexity index is 1210. The van der Waals surface area contributed by atoms with Crippen molar-refractivity contribution in [2.75, 3.05) is 19.5 Å². The van der Waals surface area contributed by atoms with Gasteiger partial charge in [0.05, 0.1) is 24.4 Å². The van der Waals surface area contributed by atoms with Crippen LogP contribution in [0.25, 0.3) is 10.8 Å². The highest BCUT2D eigenvalue weighted by atomic mass is 79.9. The molecule has 0 radical (unpaired) electrons. The summed E-state index contributed by atoms with van der Waals surface area (Å²) < 4.78 is 41.3. The first-order chi connectivity index (χ1) is 13.0. The zero-order valence-corrected chi connectivity index (χ0v) is 16.9. The lowest BCUT2D eigenvalue weighted by atomic mass is 10.0. The summed E-state index contributed by atoms with van der Waals surface area (Å²) in [5.74, 6) is 1.06. The minimum absolute atomic E-state index is 0.131. The van der Waals surface area contributed by atoms with Crippen molar-refractivity contribution in [2.24, 2.45) is 4.40 Å². The zero-order valence-electron chi connectivity index (χ0n) is 14.5. The van der Waals surface area contributed by atoms with Gasteiger partial charge in [-0.15, -0.1) is 4.40 Å². The standard InChI is InChI=1S/C19H15BrN2O4S/c1-25-17-12-8-4-3-7-11(12)16(20)18(26-2)15(17)19-21-13-9-5-6-10-14(13)27(23,24)22-19/h3-10H,1-2H3,(H,21,22). The van der Waals surface area contributed by atoms with Crippen LogP contribution in [0.3, 0.4) is 0 Å². The number of sulfonamides is 1. The fourth-order valence-corrected chi connectivity index (χ4v) is 5.01. The van der Waals surface area contributed by atoms with Crippen LogP contribution in [0.2, 0.25) is 0 Å². The first kappa shape index (κ1) is 17.8. The highest BCUT2D eigenvalue weighted by Gasteiger charge is 2.30. The highest BCUT2D eigenvalue weighted by Crippen LogP contribution is 2.45. The fraction of sp³-hybridized carbons (Fsp3) is 0.105. The molecule has 0 bridgehead atoms. The Morgan fingerprint density at radius 2 is 1.56 bits per heavy atom. The number of benzene rings is 3. The van der Waals surface area contributed by atoms with Crippen molar-refractivity contribution in [3.8, 4) is 11.5 Å². The first-order valence-electron chi connectivity index (χ1n) is 8.01. The second-order valence-electron chi connectivity index (χ2n) is 5.84. The van der Waals surface area contributed by atoms with Crippen LogP contribution in [0, 0.1) is 0 Å². The van der Waals surface area contributed by atoms with E-state index in [1.54, 1.807) is 18.2 Å². The third kappa shape index (κ3) is 2.76. The number of nitrogens with zero attached hydrogens (tertiary/aromatic N) is 1. The number of nitrogens with one attached hydrogen (secondary N) is 1. The van der Waals surface area contributed by atoms with Crippen LogP contribution in [-0.4, -0.2) is 28.5 Å². The highest BCUT2D eigenvalue weighted by molar-refractivity contribution is 9.10. The summed E-state index contributed by atoms with van der Waals surface area (Å²) in [4.78, 5) is 0.131. The number of hydrogen-bond donors (Lipinski definition) is 1. The lowest BCUT2D eigenvalue weighted by Crippen LogP contribution is -2.23. The molecular formula is C19H15BrN2O4S. The SMILES string of the molecule is COc1c(C2=NS(=O)(=O)c3ccccc3N2)c(OC)c2ccccc2c1Br. The average molecular weight is 447 g/mol. The van der Waals surface area contributed by atoms with Crippen LogP contribution in [0.5, 0.6) is 11.5 Å². The van der Waals surface area contributed by atoms with Gasteiger partial charge in [0.2, 0.25) is 0 Å². The zero-order chi connectivity index (χ0) is 19.2. The van der Waals surface area contributed by atoms with Crippen molar-refractivity contribution >= 4 is 48.2 Å². The summed E-state index contributed by atoms with van der Waals surface area (Å²) >= 11 is 3.57. The van der Waals surface area contributed by atoms with E-state index in [9.17, 15) is 8.42 Å². The summed E-state index contributed by atoms with van der Waals surface area (Å²) in [5.41, 5.74) is 0.888. The quantitative estimate of drug-likeness (QED) is 0.652. The van der Waals surface area contributed by atoms with Crippen molar-refractivity contribution < 1.29 is 17.9 Å². The van der Waals surface area contributed by atoms with Gasteiger partial charge in [0.25, 0.3) is 10.0 Å². The maximum atomic E-state index is 12.7. The second kappa shape index (κ2) is 6.54. The summed E-state index contributed by atoms with van der Waals surface area (Å²) in [6.45, 7) is 0. The van der Waals surface area contributed by atoms with E-state index in [0.717, 1.165) is 10.8 Å². The van der Waals surface area contributed by atoms with Crippen molar-refractivity contribution in [2.45, 2.75) is 4.90 Å². The van der Waals surface area contributed by atoms with Gasteiger partial charge in [-0.3, -0.25) is 0 Å². The monoisotopic (exact) mass is 446 g/mol. The maximum absolute atomic E-state index is 12.7. The van der Waals surface area contributed by atoms with Crippen LogP contribution in [0.15, 0.2) is 62.3 Å². The average Bonchev–Trinajstić information content (AvgIpc) is 2.67. The Labute approximate surface area is 165 Å². The molecule has 27 heavy (non-hydrogen) atoms. The molecule has 1 N–H and O–H groups in total. The smallest absolute Gasteiger partial charge is 0.286 e. The lowest BCUT2D eigenvalue weighted by Gasteiger charge is -2.23. The molecule has 4 rings (SSSR count). The predicted octanol–water partition coefficient (Wildman–Crippen LogP) is 4.18. The molecule has 0 fully saturated rings. The third-order valence-corrected chi connectivity index (χ3v) is 6.46. The number of hydrogen-bond acceptors (Lipinski definition) is 5. The molecule has 0 saturated heterocycles. The number of rotatable bonds is 3. The Morgan fingerprint density at radius 3 is 2.26 bits per heavy atom. The van der Waals surface area contributed by atoms with Crippen LogP contribution in [0.1, 0.15) is 5.56 Å². The summed E-state index contributed by atoms with van der Waals surface area (Å²) in [6.07, 6.45) is 0. The van der Waals surface area contributed by atoms with E-state index in [-0.39, 0.29) is 10.7 Å². The number of para-hydroxylation sites is 1. The summed E-state index contributed by atoms with van der Waals surface area (Å²) in [6, 6.07) is 14.2. The molecule has 0 aromatic heterocycles. The van der Waals surface area contributed by atoms with Crippen molar-refractivity contribution in [3.63, 3.8) is 0 Å². The maximum Gasteiger partial charge on any atom is 0.286 e. The molecule has 138 valence electrons. The molecule has 6 nitrogen and oxygen atoms in total. The van der Waals surface area contributed by atoms with Crippen LogP contribution in [-0.2, 0) is 10.0 Å². The molecule has 0 spiro atoms. The lowest BCUT2D eigenvalue weighted by molar-refractivity contribution is 0.395. The van der Waals surface area contributed by atoms with Crippen LogP contribution < -0.4 is 14.8 Å². The molecule has 0 aliphatic carbocycles. The minimum atomic E-state index is -3.86. The van der Waals surface area contributed by atoms with Gasteiger partial charge in [-0.25, -0.2) is 0 Å². The van der Waals surface area contributed by atoms with E-state index >= 15 is 0 Å². The molecule has 3 aromatic carbocycles.